The van der Waals surface area contributed by atoms with Crippen LogP contribution in [0.4, 0.5) is 11.4 Å². The molecule has 2 nitrogen and oxygen atoms in total. The van der Waals surface area contributed by atoms with Crippen LogP contribution in [-0.4, -0.2) is 12.1 Å². The minimum Gasteiger partial charge on any atom is -0.380 e. The van der Waals surface area contributed by atoms with E-state index in [0.717, 1.165) is 0 Å². The second-order valence-electron chi connectivity index (χ2n) is 6.52. The van der Waals surface area contributed by atoms with E-state index >= 15 is 0 Å². The van der Waals surface area contributed by atoms with E-state index in [2.05, 4.69) is 73.0 Å². The summed E-state index contributed by atoms with van der Waals surface area (Å²) in [5.74, 6) is 0. The van der Waals surface area contributed by atoms with Gasteiger partial charge in [0.2, 0.25) is 0 Å². The van der Waals surface area contributed by atoms with Crippen molar-refractivity contribution in [2.24, 2.45) is 0 Å². The number of rotatable bonds is 4. The number of aryl methyl sites for hydroxylation is 2. The van der Waals surface area contributed by atoms with Crippen LogP contribution < -0.4 is 10.6 Å². The quantitative estimate of drug-likeness (QED) is 0.816. The molecular weight excluding hydrogens is 268 g/mol. The summed E-state index contributed by atoms with van der Waals surface area (Å²) in [5.41, 5.74) is 5.08. The molecule has 0 aliphatic heterocycles. The van der Waals surface area contributed by atoms with E-state index in [1.807, 2.05) is 0 Å². The average Bonchev–Trinajstić information content (AvgIpc) is 2.54. The average molecular weight is 294 g/mol. The maximum atomic E-state index is 3.73. The Balaban J connectivity index is 1.68. The minimum atomic E-state index is 0.498. The third-order valence-electron chi connectivity index (χ3n) is 4.57. The topological polar surface area (TPSA) is 24.1 Å². The summed E-state index contributed by atoms with van der Waals surface area (Å²) < 4.78 is 0. The lowest BCUT2D eigenvalue weighted by atomic mass is 9.89. The van der Waals surface area contributed by atoms with Gasteiger partial charge in [0.15, 0.2) is 0 Å². The summed E-state index contributed by atoms with van der Waals surface area (Å²) >= 11 is 0. The summed E-state index contributed by atoms with van der Waals surface area (Å²) in [4.78, 5) is 0. The highest BCUT2D eigenvalue weighted by atomic mass is 15.0. The summed E-state index contributed by atoms with van der Waals surface area (Å²) in [6, 6.07) is 18.4. The Hall–Kier alpha value is -1.96. The molecule has 2 heteroatoms. The fraction of sp³-hybridized carbons (Fsp3) is 0.400. The Bertz CT molecular complexity index is 531. The lowest BCUT2D eigenvalue weighted by Crippen LogP contribution is -2.41. The van der Waals surface area contributed by atoms with Gasteiger partial charge in [0.1, 0.15) is 0 Å². The molecular formula is C20H26N2. The molecule has 2 aromatic carbocycles. The molecule has 0 bridgehead atoms. The second-order valence-corrected chi connectivity index (χ2v) is 6.52. The van der Waals surface area contributed by atoms with Gasteiger partial charge in [-0.2, -0.15) is 0 Å². The van der Waals surface area contributed by atoms with Crippen molar-refractivity contribution in [3.63, 3.8) is 0 Å². The van der Waals surface area contributed by atoms with E-state index < -0.39 is 0 Å². The number of anilines is 2. The van der Waals surface area contributed by atoms with E-state index in [1.54, 1.807) is 0 Å². The molecule has 116 valence electrons. The van der Waals surface area contributed by atoms with Gasteiger partial charge in [-0.05, 0) is 51.0 Å². The normalized spacial score (nSPS) is 21.4. The predicted molar refractivity (Wildman–Crippen MR) is 95.6 cm³/mol. The van der Waals surface area contributed by atoms with Gasteiger partial charge >= 0.3 is 0 Å². The van der Waals surface area contributed by atoms with Crippen LogP contribution in [0.2, 0.25) is 0 Å². The lowest BCUT2D eigenvalue weighted by Gasteiger charge is -2.34. The maximum absolute atomic E-state index is 3.73. The highest BCUT2D eigenvalue weighted by molar-refractivity contribution is 5.49. The molecule has 3 rings (SSSR count). The van der Waals surface area contributed by atoms with Crippen molar-refractivity contribution in [2.45, 2.75) is 51.6 Å². The lowest BCUT2D eigenvalue weighted by molar-refractivity contribution is 0.424. The Labute approximate surface area is 134 Å². The van der Waals surface area contributed by atoms with Crippen LogP contribution in [0.1, 0.15) is 36.8 Å². The molecule has 0 aromatic heterocycles. The van der Waals surface area contributed by atoms with E-state index in [9.17, 15) is 0 Å². The van der Waals surface area contributed by atoms with Crippen LogP contribution in [0.5, 0.6) is 0 Å². The van der Waals surface area contributed by atoms with Gasteiger partial charge in [0.25, 0.3) is 0 Å². The first kappa shape index (κ1) is 15.0. The highest BCUT2D eigenvalue weighted by Crippen LogP contribution is 2.25. The van der Waals surface area contributed by atoms with Crippen molar-refractivity contribution < 1.29 is 0 Å². The zero-order valence-electron chi connectivity index (χ0n) is 13.6. The first-order valence-electron chi connectivity index (χ1n) is 8.37. The van der Waals surface area contributed by atoms with Gasteiger partial charge in [-0.25, -0.2) is 0 Å². The van der Waals surface area contributed by atoms with Gasteiger partial charge in [-0.3, -0.25) is 0 Å². The number of hydrogen-bond donors (Lipinski definition) is 2. The molecule has 1 aliphatic rings. The Kier molecular flexibility index (Phi) is 4.67. The monoisotopic (exact) mass is 294 g/mol. The Morgan fingerprint density at radius 2 is 1.00 bits per heavy atom. The first-order valence-corrected chi connectivity index (χ1v) is 8.37. The van der Waals surface area contributed by atoms with E-state index in [4.69, 9.17) is 0 Å². The SMILES string of the molecule is Cc1ccc(N[C@@H]2CCCC[C@H]2Nc2ccc(C)cc2)cc1. The molecule has 2 atom stereocenters. The van der Waals surface area contributed by atoms with Gasteiger partial charge in [0, 0.05) is 23.5 Å². The van der Waals surface area contributed by atoms with E-state index in [1.165, 1.54) is 48.2 Å². The first-order chi connectivity index (χ1) is 10.7. The summed E-state index contributed by atoms with van der Waals surface area (Å²) in [5, 5.41) is 7.45. The summed E-state index contributed by atoms with van der Waals surface area (Å²) in [6.07, 6.45) is 5.10. The van der Waals surface area contributed by atoms with E-state index in [-0.39, 0.29) is 0 Å². The van der Waals surface area contributed by atoms with Crippen LogP contribution in [-0.2, 0) is 0 Å². The third-order valence-corrected chi connectivity index (χ3v) is 4.57. The molecule has 22 heavy (non-hydrogen) atoms. The Morgan fingerprint density at radius 3 is 1.36 bits per heavy atom. The fourth-order valence-electron chi connectivity index (χ4n) is 3.20. The molecule has 0 radical (unpaired) electrons. The third kappa shape index (κ3) is 3.82. The molecule has 1 aliphatic carbocycles. The van der Waals surface area contributed by atoms with Crippen molar-refractivity contribution in [1.29, 1.82) is 0 Å². The molecule has 2 aromatic rings. The van der Waals surface area contributed by atoms with Gasteiger partial charge in [-0.1, -0.05) is 48.2 Å². The Morgan fingerprint density at radius 1 is 0.636 bits per heavy atom. The molecule has 1 fully saturated rings. The van der Waals surface area contributed by atoms with Gasteiger partial charge < -0.3 is 10.6 Å². The summed E-state index contributed by atoms with van der Waals surface area (Å²) in [6.45, 7) is 4.26. The highest BCUT2D eigenvalue weighted by Gasteiger charge is 2.24. The molecule has 0 spiro atoms. The number of nitrogens with one attached hydrogen (secondary N) is 2. The zero-order valence-corrected chi connectivity index (χ0v) is 13.6. The smallest absolute Gasteiger partial charge is 0.0462 e. The molecule has 0 saturated heterocycles. The van der Waals surface area contributed by atoms with Crippen LogP contribution in [0.15, 0.2) is 48.5 Å². The number of benzene rings is 2. The van der Waals surface area contributed by atoms with E-state index in [0.29, 0.717) is 12.1 Å². The molecule has 0 unspecified atom stereocenters. The van der Waals surface area contributed by atoms with Crippen LogP contribution in [0.3, 0.4) is 0 Å². The molecule has 1 saturated carbocycles. The largest absolute Gasteiger partial charge is 0.380 e. The maximum Gasteiger partial charge on any atom is 0.0462 e. The van der Waals surface area contributed by atoms with Crippen molar-refractivity contribution in [3.8, 4) is 0 Å². The fourth-order valence-corrected chi connectivity index (χ4v) is 3.20. The van der Waals surface area contributed by atoms with Crippen molar-refractivity contribution >= 4 is 11.4 Å². The molecule has 2 N–H and O–H groups in total. The molecule has 0 heterocycles. The van der Waals surface area contributed by atoms with Crippen LogP contribution in [0.25, 0.3) is 0 Å². The van der Waals surface area contributed by atoms with Crippen molar-refractivity contribution in [2.75, 3.05) is 10.6 Å². The van der Waals surface area contributed by atoms with Crippen LogP contribution in [0, 0.1) is 13.8 Å². The minimum absolute atomic E-state index is 0.498. The van der Waals surface area contributed by atoms with Gasteiger partial charge in [0.05, 0.1) is 0 Å². The molecule has 0 amide bonds. The van der Waals surface area contributed by atoms with Crippen molar-refractivity contribution in [1.82, 2.24) is 0 Å². The predicted octanol–water partition coefficient (Wildman–Crippen LogP) is 5.14. The van der Waals surface area contributed by atoms with Gasteiger partial charge in [-0.15, -0.1) is 0 Å². The zero-order chi connectivity index (χ0) is 15.4. The second kappa shape index (κ2) is 6.87. The van der Waals surface area contributed by atoms with Crippen molar-refractivity contribution in [3.05, 3.63) is 59.7 Å². The number of hydrogen-bond acceptors (Lipinski definition) is 2. The standard InChI is InChI=1S/C20H26N2/c1-15-7-11-17(12-8-15)21-19-5-3-4-6-20(19)22-18-13-9-16(2)10-14-18/h7-14,19-22H,3-6H2,1-2H3/t19-,20-/m1/s1. The summed E-state index contributed by atoms with van der Waals surface area (Å²) in [7, 11) is 0. The van der Waals surface area contributed by atoms with Crippen LogP contribution >= 0.6 is 0 Å².